The lowest BCUT2D eigenvalue weighted by molar-refractivity contribution is -0.122. The van der Waals surface area contributed by atoms with E-state index >= 15 is 0 Å². The van der Waals surface area contributed by atoms with Crippen molar-refractivity contribution in [1.29, 1.82) is 0 Å². The standard InChI is InChI=1S/C22H30N6O/c1-6-28-21(29)10-8-19(16(2)3)22(28)25-17(4)24-18-7-9-20(23-15-18)27-13-11-26(5)12-14-27/h7-10,15,24H,4,6,11-14H2,1-3,5H3/b25-22+. The lowest BCUT2D eigenvalue weighted by Crippen LogP contribution is -2.44. The van der Waals surface area contributed by atoms with Gasteiger partial charge in [0.05, 0.1) is 11.9 Å². The van der Waals surface area contributed by atoms with Crippen LogP contribution in [0.3, 0.4) is 0 Å². The maximum absolute atomic E-state index is 12.2. The highest BCUT2D eigenvalue weighted by Crippen LogP contribution is 2.20. The number of anilines is 2. The fraction of sp³-hybridized carbons (Fsp3) is 0.409. The third kappa shape index (κ3) is 4.92. The van der Waals surface area contributed by atoms with Crippen molar-refractivity contribution in [3.05, 3.63) is 54.0 Å². The zero-order valence-electron chi connectivity index (χ0n) is 17.8. The van der Waals surface area contributed by atoms with Crippen molar-refractivity contribution in [2.45, 2.75) is 20.8 Å². The summed E-state index contributed by atoms with van der Waals surface area (Å²) >= 11 is 0. The van der Waals surface area contributed by atoms with Gasteiger partial charge in [-0.15, -0.1) is 0 Å². The maximum Gasteiger partial charge on any atom is 0.252 e. The quantitative estimate of drug-likeness (QED) is 0.832. The van der Waals surface area contributed by atoms with Gasteiger partial charge in [0.1, 0.15) is 17.5 Å². The smallest absolute Gasteiger partial charge is 0.252 e. The molecule has 1 saturated heterocycles. The van der Waals surface area contributed by atoms with Gasteiger partial charge in [-0.25, -0.2) is 9.98 Å². The molecule has 0 unspecified atom stereocenters. The van der Waals surface area contributed by atoms with Gasteiger partial charge in [-0.05, 0) is 46.0 Å². The molecular formula is C22H30N6O. The summed E-state index contributed by atoms with van der Waals surface area (Å²) in [4.78, 5) is 27.7. The molecule has 2 aliphatic rings. The second-order valence-corrected chi connectivity index (χ2v) is 7.53. The largest absolute Gasteiger partial charge is 0.354 e. The number of pyridine rings is 1. The molecule has 154 valence electrons. The third-order valence-corrected chi connectivity index (χ3v) is 5.11. The van der Waals surface area contributed by atoms with Crippen LogP contribution in [0.2, 0.25) is 0 Å². The molecule has 0 atom stereocenters. The van der Waals surface area contributed by atoms with Crippen LogP contribution in [-0.2, 0) is 4.79 Å². The van der Waals surface area contributed by atoms with Gasteiger partial charge >= 0.3 is 0 Å². The number of amides is 1. The van der Waals surface area contributed by atoms with Crippen molar-refractivity contribution in [2.75, 3.05) is 50.0 Å². The maximum atomic E-state index is 12.2. The molecule has 1 aromatic heterocycles. The number of aromatic nitrogens is 1. The van der Waals surface area contributed by atoms with Crippen molar-refractivity contribution < 1.29 is 4.79 Å². The van der Waals surface area contributed by atoms with Crippen molar-refractivity contribution in [3.8, 4) is 0 Å². The van der Waals surface area contributed by atoms with Crippen LogP contribution >= 0.6 is 0 Å². The Balaban J connectivity index is 1.73. The van der Waals surface area contributed by atoms with E-state index in [0.717, 1.165) is 48.8 Å². The first-order valence-corrected chi connectivity index (χ1v) is 10.0. The highest BCUT2D eigenvalue weighted by atomic mass is 16.2. The Kier molecular flexibility index (Phi) is 6.49. The van der Waals surface area contributed by atoms with E-state index in [2.05, 4.69) is 38.7 Å². The molecule has 2 aliphatic heterocycles. The van der Waals surface area contributed by atoms with Crippen LogP contribution in [0.1, 0.15) is 20.8 Å². The summed E-state index contributed by atoms with van der Waals surface area (Å²) in [6, 6.07) is 4.00. The normalized spacial score (nSPS) is 19.1. The molecule has 3 heterocycles. The minimum absolute atomic E-state index is 0.0674. The summed E-state index contributed by atoms with van der Waals surface area (Å²) in [6.45, 7) is 14.6. The molecule has 1 aromatic rings. The number of likely N-dealkylation sites (N-methyl/N-ethyl adjacent to an activating group) is 2. The molecule has 0 aromatic carbocycles. The second kappa shape index (κ2) is 9.05. The van der Waals surface area contributed by atoms with E-state index in [4.69, 9.17) is 0 Å². The predicted octanol–water partition coefficient (Wildman–Crippen LogP) is 2.87. The molecular weight excluding hydrogens is 364 g/mol. The molecule has 0 bridgehead atoms. The van der Waals surface area contributed by atoms with Crippen LogP contribution in [0.25, 0.3) is 0 Å². The topological polar surface area (TPSA) is 64.1 Å². The first-order chi connectivity index (χ1) is 13.9. The third-order valence-electron chi connectivity index (χ3n) is 5.11. The van der Waals surface area contributed by atoms with Crippen molar-refractivity contribution in [3.63, 3.8) is 0 Å². The molecule has 7 nitrogen and oxygen atoms in total. The molecule has 0 aliphatic carbocycles. The number of amidine groups is 1. The monoisotopic (exact) mass is 394 g/mol. The number of hydrogen-bond donors (Lipinski definition) is 1. The van der Waals surface area contributed by atoms with Crippen LogP contribution < -0.4 is 10.2 Å². The number of aliphatic imine (C=N–C) groups is 1. The van der Waals surface area contributed by atoms with E-state index in [1.54, 1.807) is 17.2 Å². The molecule has 29 heavy (non-hydrogen) atoms. The van der Waals surface area contributed by atoms with Gasteiger partial charge in [0, 0.05) is 44.4 Å². The Morgan fingerprint density at radius 1 is 1.21 bits per heavy atom. The summed E-state index contributed by atoms with van der Waals surface area (Å²) in [5, 5.41) is 3.19. The summed E-state index contributed by atoms with van der Waals surface area (Å²) in [5.41, 5.74) is 2.85. The number of nitrogens with zero attached hydrogens (tertiary/aromatic N) is 5. The van der Waals surface area contributed by atoms with Crippen LogP contribution in [0.15, 0.2) is 59.0 Å². The minimum atomic E-state index is -0.0674. The first-order valence-electron chi connectivity index (χ1n) is 10.0. The van der Waals surface area contributed by atoms with Gasteiger partial charge in [0.15, 0.2) is 0 Å². The van der Waals surface area contributed by atoms with E-state index in [-0.39, 0.29) is 5.91 Å². The lowest BCUT2D eigenvalue weighted by atomic mass is 10.0. The average molecular weight is 395 g/mol. The number of nitrogens with one attached hydrogen (secondary N) is 1. The summed E-state index contributed by atoms with van der Waals surface area (Å²) < 4.78 is 0. The Bertz CT molecular complexity index is 856. The number of hydrogen-bond acceptors (Lipinski definition) is 6. The fourth-order valence-corrected chi connectivity index (χ4v) is 3.39. The Labute approximate surface area is 173 Å². The van der Waals surface area contributed by atoms with Crippen LogP contribution in [-0.4, -0.2) is 66.3 Å². The van der Waals surface area contributed by atoms with Crippen LogP contribution in [0.4, 0.5) is 11.5 Å². The highest BCUT2D eigenvalue weighted by Gasteiger charge is 2.23. The van der Waals surface area contributed by atoms with Gasteiger partial charge < -0.3 is 15.1 Å². The van der Waals surface area contributed by atoms with E-state index in [1.807, 2.05) is 39.0 Å². The summed E-state index contributed by atoms with van der Waals surface area (Å²) in [7, 11) is 2.14. The number of rotatable bonds is 5. The molecule has 1 fully saturated rings. The molecule has 0 saturated carbocycles. The number of allylic oxidation sites excluding steroid dienone is 1. The molecule has 1 amide bonds. The average Bonchev–Trinajstić information content (AvgIpc) is 2.69. The highest BCUT2D eigenvalue weighted by molar-refractivity contribution is 6.16. The number of carbonyl (C=O) groups is 1. The van der Waals surface area contributed by atoms with E-state index in [1.165, 1.54) is 0 Å². The zero-order valence-corrected chi connectivity index (χ0v) is 17.8. The van der Waals surface area contributed by atoms with Gasteiger partial charge in [0.2, 0.25) is 0 Å². The SMILES string of the molecule is C=C(/N=C1\C(=C(C)C)C=CC(=O)N1CC)Nc1ccc(N2CCN(C)CC2)nc1. The Morgan fingerprint density at radius 3 is 2.52 bits per heavy atom. The van der Waals surface area contributed by atoms with Crippen LogP contribution in [0, 0.1) is 0 Å². The van der Waals surface area contributed by atoms with Gasteiger partial charge in [-0.2, -0.15) is 0 Å². The number of piperazine rings is 1. The molecule has 0 spiro atoms. The first kappa shape index (κ1) is 20.8. The predicted molar refractivity (Wildman–Crippen MR) is 119 cm³/mol. The lowest BCUT2D eigenvalue weighted by Gasteiger charge is -2.33. The summed E-state index contributed by atoms with van der Waals surface area (Å²) in [6.07, 6.45) is 5.20. The van der Waals surface area contributed by atoms with Crippen molar-refractivity contribution in [2.24, 2.45) is 4.99 Å². The fourth-order valence-electron chi connectivity index (χ4n) is 3.39. The molecule has 3 rings (SSSR count). The van der Waals surface area contributed by atoms with E-state index < -0.39 is 0 Å². The number of carbonyl (C=O) groups excluding carboxylic acids is 1. The van der Waals surface area contributed by atoms with Gasteiger partial charge in [-0.3, -0.25) is 9.69 Å². The van der Waals surface area contributed by atoms with Gasteiger partial charge in [-0.1, -0.05) is 12.2 Å². The van der Waals surface area contributed by atoms with E-state index in [9.17, 15) is 4.79 Å². The van der Waals surface area contributed by atoms with E-state index in [0.29, 0.717) is 18.2 Å². The zero-order chi connectivity index (χ0) is 21.0. The second-order valence-electron chi connectivity index (χ2n) is 7.53. The Hall–Kier alpha value is -2.93. The van der Waals surface area contributed by atoms with Gasteiger partial charge in [0.25, 0.3) is 5.91 Å². The Morgan fingerprint density at radius 2 is 1.93 bits per heavy atom. The molecule has 1 N–H and O–H groups in total. The van der Waals surface area contributed by atoms with Crippen molar-refractivity contribution >= 4 is 23.2 Å². The van der Waals surface area contributed by atoms with Crippen LogP contribution in [0.5, 0.6) is 0 Å². The minimum Gasteiger partial charge on any atom is -0.354 e. The van der Waals surface area contributed by atoms with Crippen molar-refractivity contribution in [1.82, 2.24) is 14.8 Å². The molecule has 0 radical (unpaired) electrons. The summed E-state index contributed by atoms with van der Waals surface area (Å²) in [5.74, 6) is 2.00. The molecule has 7 heteroatoms.